The van der Waals surface area contributed by atoms with E-state index in [0.717, 1.165) is 24.2 Å². The lowest BCUT2D eigenvalue weighted by atomic mass is 9.97. The minimum absolute atomic E-state index is 0.0734. The van der Waals surface area contributed by atoms with Gasteiger partial charge in [-0.3, -0.25) is 4.79 Å². The van der Waals surface area contributed by atoms with Crippen LogP contribution in [-0.2, 0) is 4.79 Å². The molecule has 1 aliphatic heterocycles. The molecule has 3 aromatic rings. The third kappa shape index (κ3) is 4.08. The zero-order chi connectivity index (χ0) is 19.7. The molecule has 1 aromatic heterocycles. The summed E-state index contributed by atoms with van der Waals surface area (Å²) in [7, 11) is 0. The number of H-pyrrole nitrogens is 1. The van der Waals surface area contributed by atoms with Gasteiger partial charge >= 0.3 is 0 Å². The van der Waals surface area contributed by atoms with Gasteiger partial charge in [0.25, 0.3) is 5.91 Å². The first-order valence-electron chi connectivity index (χ1n) is 9.00. The average molecular weight is 422 g/mol. The predicted molar refractivity (Wildman–Crippen MR) is 107 cm³/mol. The monoisotopic (exact) mass is 421 g/mol. The Labute approximate surface area is 171 Å². The first-order valence-corrected chi connectivity index (χ1v) is 9.76. The lowest BCUT2D eigenvalue weighted by Crippen LogP contribution is -2.41. The van der Waals surface area contributed by atoms with Crippen molar-refractivity contribution in [2.45, 2.75) is 18.8 Å². The van der Waals surface area contributed by atoms with E-state index in [4.69, 9.17) is 27.9 Å². The summed E-state index contributed by atoms with van der Waals surface area (Å²) in [6, 6.07) is 9.37. The molecule has 1 fully saturated rings. The molecule has 0 saturated carbocycles. The molecular weight excluding hydrogens is 404 g/mol. The van der Waals surface area contributed by atoms with Crippen LogP contribution >= 0.6 is 23.2 Å². The van der Waals surface area contributed by atoms with Gasteiger partial charge in [-0.2, -0.15) is 0 Å². The second-order valence-corrected chi connectivity index (χ2v) is 7.64. The lowest BCUT2D eigenvalue weighted by molar-refractivity contribution is -0.134. The summed E-state index contributed by atoms with van der Waals surface area (Å²) in [5.41, 5.74) is 1.39. The number of rotatable bonds is 4. The first kappa shape index (κ1) is 19.0. The number of carbonyl (C=O) groups is 1. The highest BCUT2D eigenvalue weighted by atomic mass is 35.5. The second kappa shape index (κ2) is 7.97. The van der Waals surface area contributed by atoms with Gasteiger partial charge < -0.3 is 14.6 Å². The van der Waals surface area contributed by atoms with Gasteiger partial charge in [0.15, 0.2) is 6.61 Å². The quantitative estimate of drug-likeness (QED) is 0.658. The fourth-order valence-corrected chi connectivity index (χ4v) is 3.71. The normalized spacial score (nSPS) is 17.1. The van der Waals surface area contributed by atoms with E-state index in [9.17, 15) is 9.18 Å². The zero-order valence-electron chi connectivity index (χ0n) is 14.9. The lowest BCUT2D eigenvalue weighted by Gasteiger charge is -2.31. The Morgan fingerprint density at radius 1 is 1.25 bits per heavy atom. The number of piperidine rings is 1. The second-order valence-electron chi connectivity index (χ2n) is 6.83. The van der Waals surface area contributed by atoms with Crippen molar-refractivity contribution in [2.24, 2.45) is 0 Å². The number of carbonyl (C=O) groups excluding carboxylic acids is 1. The zero-order valence-corrected chi connectivity index (χ0v) is 16.4. The van der Waals surface area contributed by atoms with Gasteiger partial charge in [-0.1, -0.05) is 23.2 Å². The maximum atomic E-state index is 13.4. The van der Waals surface area contributed by atoms with Crippen LogP contribution in [-0.4, -0.2) is 40.5 Å². The summed E-state index contributed by atoms with van der Waals surface area (Å²) in [6.07, 6.45) is 1.79. The van der Waals surface area contributed by atoms with Crippen molar-refractivity contribution in [3.05, 3.63) is 58.1 Å². The van der Waals surface area contributed by atoms with Gasteiger partial charge in [0, 0.05) is 25.1 Å². The van der Waals surface area contributed by atoms with E-state index in [0.29, 0.717) is 34.4 Å². The van der Waals surface area contributed by atoms with Crippen LogP contribution in [0, 0.1) is 5.82 Å². The van der Waals surface area contributed by atoms with Gasteiger partial charge in [-0.25, -0.2) is 9.37 Å². The standard InChI is InChI=1S/C20H18Cl2FN3O2/c21-15-5-4-14(9-16(15)22)28-11-19(27)26-7-1-2-12(10-26)20-24-17-6-3-13(23)8-18(17)25-20/h3-6,8-9,12H,1-2,7,10-11H2,(H,24,25). The maximum Gasteiger partial charge on any atom is 0.260 e. The Balaban J connectivity index is 1.40. The first-order chi connectivity index (χ1) is 13.5. The molecule has 0 aliphatic carbocycles. The molecule has 1 atom stereocenters. The molecule has 1 unspecified atom stereocenters. The predicted octanol–water partition coefficient (Wildman–Crippen LogP) is 4.79. The molecule has 1 saturated heterocycles. The molecule has 8 heteroatoms. The smallest absolute Gasteiger partial charge is 0.260 e. The molecule has 5 nitrogen and oxygen atoms in total. The van der Waals surface area contributed by atoms with Crippen LogP contribution in [0.25, 0.3) is 11.0 Å². The van der Waals surface area contributed by atoms with Gasteiger partial charge in [-0.15, -0.1) is 0 Å². The molecule has 1 amide bonds. The summed E-state index contributed by atoms with van der Waals surface area (Å²) in [5, 5.41) is 0.816. The minimum Gasteiger partial charge on any atom is -0.484 e. The third-order valence-electron chi connectivity index (χ3n) is 4.88. The molecule has 0 spiro atoms. The summed E-state index contributed by atoms with van der Waals surface area (Å²) >= 11 is 11.9. The fraction of sp³-hybridized carbons (Fsp3) is 0.300. The topological polar surface area (TPSA) is 58.2 Å². The minimum atomic E-state index is -0.303. The Morgan fingerprint density at radius 3 is 2.93 bits per heavy atom. The van der Waals surface area contributed by atoms with Crippen molar-refractivity contribution < 1.29 is 13.9 Å². The Kier molecular flexibility index (Phi) is 5.42. The molecule has 146 valence electrons. The molecule has 4 rings (SSSR count). The highest BCUT2D eigenvalue weighted by molar-refractivity contribution is 6.42. The van der Waals surface area contributed by atoms with Gasteiger partial charge in [-0.05, 0) is 43.2 Å². The number of imidazole rings is 1. The summed E-state index contributed by atoms with van der Waals surface area (Å²) in [5.74, 6) is 0.956. The van der Waals surface area contributed by atoms with E-state index < -0.39 is 0 Å². The number of benzene rings is 2. The highest BCUT2D eigenvalue weighted by Crippen LogP contribution is 2.28. The Bertz CT molecular complexity index is 1020. The number of nitrogens with zero attached hydrogens (tertiary/aromatic N) is 2. The van der Waals surface area contributed by atoms with Crippen LogP contribution < -0.4 is 4.74 Å². The fourth-order valence-electron chi connectivity index (χ4n) is 3.42. The maximum absolute atomic E-state index is 13.4. The summed E-state index contributed by atoms with van der Waals surface area (Å²) in [4.78, 5) is 22.1. The molecule has 2 aromatic carbocycles. The van der Waals surface area contributed by atoms with Crippen LogP contribution in [0.5, 0.6) is 5.75 Å². The molecular formula is C20H18Cl2FN3O2. The Morgan fingerprint density at radius 2 is 2.11 bits per heavy atom. The largest absolute Gasteiger partial charge is 0.484 e. The van der Waals surface area contributed by atoms with Crippen molar-refractivity contribution in [1.29, 1.82) is 0 Å². The molecule has 0 bridgehead atoms. The van der Waals surface area contributed by atoms with Crippen LogP contribution in [0.1, 0.15) is 24.6 Å². The van der Waals surface area contributed by atoms with E-state index in [2.05, 4.69) is 9.97 Å². The number of hydrogen-bond acceptors (Lipinski definition) is 3. The summed E-state index contributed by atoms with van der Waals surface area (Å²) < 4.78 is 19.0. The number of ether oxygens (including phenoxy) is 1. The van der Waals surface area contributed by atoms with Crippen LogP contribution in [0.3, 0.4) is 0 Å². The van der Waals surface area contributed by atoms with E-state index in [1.807, 2.05) is 0 Å². The van der Waals surface area contributed by atoms with Crippen molar-refractivity contribution in [3.8, 4) is 5.75 Å². The van der Waals surface area contributed by atoms with Crippen molar-refractivity contribution in [3.63, 3.8) is 0 Å². The van der Waals surface area contributed by atoms with Crippen LogP contribution in [0.2, 0.25) is 10.0 Å². The highest BCUT2D eigenvalue weighted by Gasteiger charge is 2.27. The van der Waals surface area contributed by atoms with Gasteiger partial charge in [0.1, 0.15) is 17.4 Å². The number of fused-ring (bicyclic) bond motifs is 1. The number of aromatic nitrogens is 2. The van der Waals surface area contributed by atoms with E-state index in [-0.39, 0.29) is 24.2 Å². The number of nitrogens with one attached hydrogen (secondary N) is 1. The SMILES string of the molecule is O=C(COc1ccc(Cl)c(Cl)c1)N1CCCC(c2nc3ccc(F)cc3[nH]2)C1. The van der Waals surface area contributed by atoms with Crippen LogP contribution in [0.15, 0.2) is 36.4 Å². The third-order valence-corrected chi connectivity index (χ3v) is 5.62. The average Bonchev–Trinajstić information content (AvgIpc) is 3.12. The number of amides is 1. The van der Waals surface area contributed by atoms with E-state index >= 15 is 0 Å². The molecule has 1 aliphatic rings. The molecule has 28 heavy (non-hydrogen) atoms. The van der Waals surface area contributed by atoms with E-state index in [1.54, 1.807) is 29.2 Å². The summed E-state index contributed by atoms with van der Waals surface area (Å²) in [6.45, 7) is 1.15. The number of hydrogen-bond donors (Lipinski definition) is 1. The number of halogens is 3. The van der Waals surface area contributed by atoms with Crippen molar-refractivity contribution in [2.75, 3.05) is 19.7 Å². The molecule has 0 radical (unpaired) electrons. The van der Waals surface area contributed by atoms with Crippen LogP contribution in [0.4, 0.5) is 4.39 Å². The molecule has 1 N–H and O–H groups in total. The molecule has 2 heterocycles. The number of aromatic amines is 1. The Hall–Kier alpha value is -2.31. The van der Waals surface area contributed by atoms with Gasteiger partial charge in [0.05, 0.1) is 21.1 Å². The van der Waals surface area contributed by atoms with E-state index in [1.165, 1.54) is 12.1 Å². The number of likely N-dealkylation sites (tertiary alicyclic amines) is 1. The van der Waals surface area contributed by atoms with Gasteiger partial charge in [0.2, 0.25) is 0 Å². The van der Waals surface area contributed by atoms with Crippen molar-refractivity contribution >= 4 is 40.1 Å². The van der Waals surface area contributed by atoms with Crippen molar-refractivity contribution in [1.82, 2.24) is 14.9 Å².